The summed E-state index contributed by atoms with van der Waals surface area (Å²) in [7, 11) is 0. The van der Waals surface area contributed by atoms with Crippen molar-refractivity contribution in [2.24, 2.45) is 5.73 Å². The zero-order valence-electron chi connectivity index (χ0n) is 12.7. The first-order valence-electron chi connectivity index (χ1n) is 7.50. The molecular weight excluding hydrogens is 302 g/mol. The molecule has 0 aromatic heterocycles. The minimum Gasteiger partial charge on any atom is -0.340 e. The Hall–Kier alpha value is -1.59. The van der Waals surface area contributed by atoms with Crippen molar-refractivity contribution in [1.29, 1.82) is 0 Å². The predicted molar refractivity (Wildman–Crippen MR) is 88.8 cm³/mol. The third-order valence-electron chi connectivity index (χ3n) is 3.76. The Bertz CT molecular complexity index is 482. The van der Waals surface area contributed by atoms with E-state index < -0.39 is 0 Å². The van der Waals surface area contributed by atoms with Crippen LogP contribution in [0.1, 0.15) is 18.4 Å². The number of nitrogens with zero attached hydrogens (tertiary/aromatic N) is 2. The van der Waals surface area contributed by atoms with Gasteiger partial charge in [0, 0.05) is 32.6 Å². The molecule has 0 bridgehead atoms. The molecule has 2 N–H and O–H groups in total. The average Bonchev–Trinajstić information content (AvgIpc) is 2.89. The Labute approximate surface area is 137 Å². The van der Waals surface area contributed by atoms with Gasteiger partial charge in [-0.15, -0.1) is 12.4 Å². The monoisotopic (exact) mass is 325 g/mol. The minimum absolute atomic E-state index is 0. The van der Waals surface area contributed by atoms with Gasteiger partial charge in [0.2, 0.25) is 11.8 Å². The van der Waals surface area contributed by atoms with Crippen LogP contribution in [0, 0.1) is 0 Å². The third kappa shape index (κ3) is 5.31. The van der Waals surface area contributed by atoms with E-state index in [0.29, 0.717) is 32.6 Å². The molecular formula is C16H24ClN3O2. The molecule has 0 spiro atoms. The second-order valence-electron chi connectivity index (χ2n) is 5.32. The molecule has 122 valence electrons. The van der Waals surface area contributed by atoms with Gasteiger partial charge in [0.1, 0.15) is 0 Å². The van der Waals surface area contributed by atoms with Crippen LogP contribution in [-0.2, 0) is 16.0 Å². The van der Waals surface area contributed by atoms with Gasteiger partial charge in [-0.1, -0.05) is 30.3 Å². The Kier molecular flexibility index (Phi) is 7.91. The van der Waals surface area contributed by atoms with Gasteiger partial charge in [-0.2, -0.15) is 0 Å². The molecule has 1 fully saturated rings. The van der Waals surface area contributed by atoms with Gasteiger partial charge in [-0.25, -0.2) is 0 Å². The number of rotatable bonds is 7. The van der Waals surface area contributed by atoms with Crippen LogP contribution in [0.3, 0.4) is 0 Å². The maximum absolute atomic E-state index is 12.3. The van der Waals surface area contributed by atoms with Crippen LogP contribution >= 0.6 is 12.4 Å². The smallest absolute Gasteiger partial charge is 0.242 e. The summed E-state index contributed by atoms with van der Waals surface area (Å²) in [6.07, 6.45) is 2.22. The fourth-order valence-corrected chi connectivity index (χ4v) is 2.56. The van der Waals surface area contributed by atoms with Crippen LogP contribution in [-0.4, -0.2) is 54.3 Å². The van der Waals surface area contributed by atoms with Gasteiger partial charge in [0.25, 0.3) is 0 Å². The van der Waals surface area contributed by atoms with E-state index in [-0.39, 0.29) is 30.8 Å². The standard InChI is InChI=1S/C16H23N3O2.ClH/c17-9-12-18(11-8-14-5-2-1-3-6-14)16(21)13-19-10-4-7-15(19)20;/h1-3,5-6H,4,7-13,17H2;1H. The molecule has 0 aliphatic carbocycles. The Balaban J connectivity index is 0.00000242. The molecule has 0 radical (unpaired) electrons. The van der Waals surface area contributed by atoms with Crippen molar-refractivity contribution in [3.05, 3.63) is 35.9 Å². The summed E-state index contributed by atoms with van der Waals surface area (Å²) in [4.78, 5) is 27.3. The van der Waals surface area contributed by atoms with E-state index in [1.165, 1.54) is 5.56 Å². The summed E-state index contributed by atoms with van der Waals surface area (Å²) in [5, 5.41) is 0. The average molecular weight is 326 g/mol. The molecule has 0 unspecified atom stereocenters. The summed E-state index contributed by atoms with van der Waals surface area (Å²) in [5.41, 5.74) is 6.80. The lowest BCUT2D eigenvalue weighted by Crippen LogP contribution is -2.43. The van der Waals surface area contributed by atoms with E-state index in [1.807, 2.05) is 18.2 Å². The molecule has 1 aliphatic heterocycles. The summed E-state index contributed by atoms with van der Waals surface area (Å²) >= 11 is 0. The van der Waals surface area contributed by atoms with Crippen LogP contribution in [0.2, 0.25) is 0 Å². The lowest BCUT2D eigenvalue weighted by atomic mass is 10.1. The quantitative estimate of drug-likeness (QED) is 0.815. The first kappa shape index (κ1) is 18.5. The van der Waals surface area contributed by atoms with Crippen molar-refractivity contribution in [2.75, 3.05) is 32.7 Å². The number of hydrogen-bond acceptors (Lipinski definition) is 3. The number of hydrogen-bond donors (Lipinski definition) is 1. The molecule has 1 heterocycles. The van der Waals surface area contributed by atoms with Crippen LogP contribution in [0.5, 0.6) is 0 Å². The number of amides is 2. The molecule has 1 aromatic carbocycles. The van der Waals surface area contributed by atoms with Crippen LogP contribution in [0.4, 0.5) is 0 Å². The predicted octanol–water partition coefficient (Wildman–Crippen LogP) is 1.06. The van der Waals surface area contributed by atoms with Crippen molar-refractivity contribution in [3.8, 4) is 0 Å². The molecule has 0 atom stereocenters. The van der Waals surface area contributed by atoms with E-state index >= 15 is 0 Å². The summed E-state index contributed by atoms with van der Waals surface area (Å²) in [5.74, 6) is 0.0748. The molecule has 1 saturated heterocycles. The maximum atomic E-state index is 12.3. The highest BCUT2D eigenvalue weighted by Gasteiger charge is 2.24. The van der Waals surface area contributed by atoms with Crippen LogP contribution < -0.4 is 5.73 Å². The number of likely N-dealkylation sites (tertiary alicyclic amines) is 1. The van der Waals surface area contributed by atoms with E-state index in [4.69, 9.17) is 5.73 Å². The Morgan fingerprint density at radius 2 is 1.95 bits per heavy atom. The number of carbonyl (C=O) groups excluding carboxylic acids is 2. The van der Waals surface area contributed by atoms with Gasteiger partial charge in [-0.05, 0) is 18.4 Å². The van der Waals surface area contributed by atoms with E-state index in [1.54, 1.807) is 9.80 Å². The molecule has 2 rings (SSSR count). The summed E-state index contributed by atoms with van der Waals surface area (Å²) in [6, 6.07) is 10.1. The Morgan fingerprint density at radius 3 is 2.55 bits per heavy atom. The summed E-state index contributed by atoms with van der Waals surface area (Å²) in [6.45, 7) is 2.50. The minimum atomic E-state index is -0.00775. The molecule has 1 aliphatic rings. The van der Waals surface area contributed by atoms with Crippen molar-refractivity contribution < 1.29 is 9.59 Å². The molecule has 0 saturated carbocycles. The normalized spacial score (nSPS) is 13.9. The van der Waals surface area contributed by atoms with Crippen molar-refractivity contribution in [2.45, 2.75) is 19.3 Å². The topological polar surface area (TPSA) is 66.6 Å². The number of benzene rings is 1. The Morgan fingerprint density at radius 1 is 1.23 bits per heavy atom. The maximum Gasteiger partial charge on any atom is 0.242 e. The largest absolute Gasteiger partial charge is 0.340 e. The first-order chi connectivity index (χ1) is 10.2. The third-order valence-corrected chi connectivity index (χ3v) is 3.76. The van der Waals surface area contributed by atoms with Crippen molar-refractivity contribution in [1.82, 2.24) is 9.80 Å². The molecule has 22 heavy (non-hydrogen) atoms. The lowest BCUT2D eigenvalue weighted by molar-refractivity contribution is -0.138. The van der Waals surface area contributed by atoms with Gasteiger partial charge in [0.05, 0.1) is 6.54 Å². The second kappa shape index (κ2) is 9.43. The van der Waals surface area contributed by atoms with Gasteiger partial charge in [0.15, 0.2) is 0 Å². The molecule has 1 aromatic rings. The van der Waals surface area contributed by atoms with Crippen LogP contribution in [0.15, 0.2) is 30.3 Å². The van der Waals surface area contributed by atoms with E-state index in [2.05, 4.69) is 12.1 Å². The second-order valence-corrected chi connectivity index (χ2v) is 5.32. The molecule has 2 amide bonds. The highest BCUT2D eigenvalue weighted by Crippen LogP contribution is 2.10. The van der Waals surface area contributed by atoms with Gasteiger partial charge in [-0.3, -0.25) is 9.59 Å². The number of nitrogens with two attached hydrogens (primary N) is 1. The highest BCUT2D eigenvalue weighted by molar-refractivity contribution is 5.86. The van der Waals surface area contributed by atoms with Gasteiger partial charge < -0.3 is 15.5 Å². The van der Waals surface area contributed by atoms with Crippen molar-refractivity contribution in [3.63, 3.8) is 0 Å². The first-order valence-corrected chi connectivity index (χ1v) is 7.50. The number of halogens is 1. The fourth-order valence-electron chi connectivity index (χ4n) is 2.56. The van der Waals surface area contributed by atoms with E-state index in [9.17, 15) is 9.59 Å². The molecule has 5 nitrogen and oxygen atoms in total. The highest BCUT2D eigenvalue weighted by atomic mass is 35.5. The number of carbonyl (C=O) groups is 2. The summed E-state index contributed by atoms with van der Waals surface area (Å²) < 4.78 is 0. The molecule has 6 heteroatoms. The fraction of sp³-hybridized carbons (Fsp3) is 0.500. The van der Waals surface area contributed by atoms with E-state index in [0.717, 1.165) is 12.8 Å². The van der Waals surface area contributed by atoms with Crippen molar-refractivity contribution >= 4 is 24.2 Å². The lowest BCUT2D eigenvalue weighted by Gasteiger charge is -2.25. The zero-order valence-corrected chi connectivity index (χ0v) is 13.6. The van der Waals surface area contributed by atoms with Gasteiger partial charge >= 0.3 is 0 Å². The van der Waals surface area contributed by atoms with Crippen LogP contribution in [0.25, 0.3) is 0 Å². The zero-order chi connectivity index (χ0) is 15.1. The SMILES string of the molecule is Cl.NCCN(CCc1ccccc1)C(=O)CN1CCCC1=O.